The van der Waals surface area contributed by atoms with Crippen LogP contribution in [0.4, 0.5) is 14.6 Å². The molecule has 7 nitrogen and oxygen atoms in total. The molecule has 1 fully saturated rings. The van der Waals surface area contributed by atoms with E-state index < -0.39 is 11.3 Å². The van der Waals surface area contributed by atoms with Gasteiger partial charge in [-0.25, -0.2) is 23.4 Å². The molecule has 4 heterocycles. The number of hydrogen-bond donors (Lipinski definition) is 0. The second-order valence-corrected chi connectivity index (χ2v) is 8.35. The van der Waals surface area contributed by atoms with Crippen molar-refractivity contribution in [2.24, 2.45) is 0 Å². The number of alkyl halides is 2. The molecule has 0 radical (unpaired) electrons. The molecule has 0 aliphatic carbocycles. The van der Waals surface area contributed by atoms with E-state index in [0.717, 1.165) is 0 Å². The predicted octanol–water partition coefficient (Wildman–Crippen LogP) is 3.25. The van der Waals surface area contributed by atoms with Gasteiger partial charge in [0.15, 0.2) is 11.4 Å². The highest BCUT2D eigenvalue weighted by Crippen LogP contribution is 2.34. The van der Waals surface area contributed by atoms with Crippen LogP contribution in [0.3, 0.4) is 0 Å². The van der Waals surface area contributed by atoms with Crippen LogP contribution in [0, 0.1) is 0 Å². The van der Waals surface area contributed by atoms with Crippen molar-refractivity contribution in [2.75, 3.05) is 18.0 Å². The lowest BCUT2D eigenvalue weighted by Crippen LogP contribution is -2.27. The minimum absolute atomic E-state index is 0.0102. The average molecular weight is 400 g/mol. The number of pyridine rings is 1. The van der Waals surface area contributed by atoms with Gasteiger partial charge in [0.05, 0.1) is 18.1 Å². The lowest BCUT2D eigenvalue weighted by atomic mass is 9.95. The van der Waals surface area contributed by atoms with Crippen molar-refractivity contribution >= 4 is 22.6 Å². The molecule has 4 rings (SSSR count). The first-order chi connectivity index (χ1) is 13.6. The van der Waals surface area contributed by atoms with Crippen molar-refractivity contribution in [3.8, 4) is 0 Å². The van der Waals surface area contributed by atoms with E-state index in [9.17, 15) is 13.6 Å². The quantitative estimate of drug-likeness (QED) is 0.626. The molecule has 9 heteroatoms. The second-order valence-electron chi connectivity index (χ2n) is 8.35. The molecule has 152 valence electrons. The van der Waals surface area contributed by atoms with Gasteiger partial charge in [-0.15, -0.1) is 0 Å². The molecule has 0 bridgehead atoms. The number of rotatable bonds is 4. The summed E-state index contributed by atoms with van der Waals surface area (Å²) in [5, 5.41) is 4.88. The number of carbonyl (C=O) groups is 1. The Kier molecular flexibility index (Phi) is 4.55. The van der Waals surface area contributed by atoms with E-state index >= 15 is 0 Å². The number of carbonyl (C=O) groups excluding carboxylic acids is 1. The minimum Gasteiger partial charge on any atom is -0.350 e. The molecule has 1 aliphatic rings. The summed E-state index contributed by atoms with van der Waals surface area (Å²) in [5.74, 6) is -1.91. The SMILES string of the molecule is CC(C)(C)c1nc(N2CCC(F)(F)C2)c2cnn(CC(=O)c3ccncc3)c2n1. The van der Waals surface area contributed by atoms with Gasteiger partial charge in [-0.2, -0.15) is 5.10 Å². The fourth-order valence-electron chi connectivity index (χ4n) is 3.31. The summed E-state index contributed by atoms with van der Waals surface area (Å²) in [5.41, 5.74) is 0.598. The number of nitrogens with zero attached hydrogens (tertiary/aromatic N) is 6. The number of Topliss-reactive ketones (excluding diaryl/α,β-unsaturated/α-hetero) is 1. The molecule has 0 atom stereocenters. The Bertz CT molecular complexity index is 1060. The Morgan fingerprint density at radius 1 is 1.21 bits per heavy atom. The monoisotopic (exact) mass is 400 g/mol. The van der Waals surface area contributed by atoms with Crippen LogP contribution in [0.15, 0.2) is 30.7 Å². The van der Waals surface area contributed by atoms with Crippen LogP contribution in [0.2, 0.25) is 0 Å². The molecule has 3 aromatic rings. The van der Waals surface area contributed by atoms with Crippen molar-refractivity contribution in [3.63, 3.8) is 0 Å². The maximum absolute atomic E-state index is 13.8. The summed E-state index contributed by atoms with van der Waals surface area (Å²) >= 11 is 0. The van der Waals surface area contributed by atoms with Crippen LogP contribution in [0.5, 0.6) is 0 Å². The Balaban J connectivity index is 1.78. The Morgan fingerprint density at radius 2 is 1.93 bits per heavy atom. The largest absolute Gasteiger partial charge is 0.350 e. The standard InChI is InChI=1S/C20H22F2N6O/c1-19(2,3)18-25-16(27-9-6-20(21,22)12-27)14-10-24-28(17(14)26-18)11-15(29)13-4-7-23-8-5-13/h4-5,7-8,10H,6,9,11-12H2,1-3H3. The van der Waals surface area contributed by atoms with Gasteiger partial charge >= 0.3 is 0 Å². The zero-order valence-electron chi connectivity index (χ0n) is 16.6. The van der Waals surface area contributed by atoms with Crippen molar-refractivity contribution in [2.45, 2.75) is 45.1 Å². The highest BCUT2D eigenvalue weighted by molar-refractivity contribution is 5.96. The number of aromatic nitrogens is 5. The lowest BCUT2D eigenvalue weighted by Gasteiger charge is -2.22. The van der Waals surface area contributed by atoms with E-state index in [2.05, 4.69) is 20.1 Å². The number of ketones is 1. The van der Waals surface area contributed by atoms with Gasteiger partial charge in [0.25, 0.3) is 5.92 Å². The summed E-state index contributed by atoms with van der Waals surface area (Å²) in [7, 11) is 0. The van der Waals surface area contributed by atoms with Crippen molar-refractivity contribution < 1.29 is 13.6 Å². The maximum atomic E-state index is 13.8. The zero-order chi connectivity index (χ0) is 20.8. The van der Waals surface area contributed by atoms with E-state index in [1.807, 2.05) is 20.8 Å². The number of hydrogen-bond acceptors (Lipinski definition) is 6. The van der Waals surface area contributed by atoms with E-state index in [1.165, 1.54) is 4.68 Å². The van der Waals surface area contributed by atoms with Crippen LogP contribution in [-0.4, -0.2) is 49.5 Å². The maximum Gasteiger partial charge on any atom is 0.266 e. The Labute approximate surface area is 166 Å². The van der Waals surface area contributed by atoms with E-state index in [4.69, 9.17) is 0 Å². The summed E-state index contributed by atoms with van der Waals surface area (Å²) in [4.78, 5) is 27.4. The first-order valence-corrected chi connectivity index (χ1v) is 9.44. The van der Waals surface area contributed by atoms with E-state index in [-0.39, 0.29) is 31.8 Å². The molecule has 29 heavy (non-hydrogen) atoms. The van der Waals surface area contributed by atoms with Gasteiger partial charge in [0, 0.05) is 36.3 Å². The molecule has 3 aromatic heterocycles. The van der Waals surface area contributed by atoms with E-state index in [0.29, 0.717) is 28.2 Å². The van der Waals surface area contributed by atoms with Gasteiger partial charge in [0.2, 0.25) is 0 Å². The van der Waals surface area contributed by atoms with Crippen LogP contribution < -0.4 is 4.90 Å². The highest BCUT2D eigenvalue weighted by atomic mass is 19.3. The first-order valence-electron chi connectivity index (χ1n) is 9.44. The normalized spacial score (nSPS) is 16.5. The smallest absolute Gasteiger partial charge is 0.266 e. The van der Waals surface area contributed by atoms with Crippen LogP contribution in [0.1, 0.15) is 43.4 Å². The van der Waals surface area contributed by atoms with Crippen molar-refractivity contribution in [3.05, 3.63) is 42.1 Å². The predicted molar refractivity (Wildman–Crippen MR) is 104 cm³/mol. The molecule has 0 N–H and O–H groups in total. The molecule has 0 spiro atoms. The fraction of sp³-hybridized carbons (Fsp3) is 0.450. The minimum atomic E-state index is -2.74. The third-order valence-corrected chi connectivity index (χ3v) is 4.91. The Morgan fingerprint density at radius 3 is 2.55 bits per heavy atom. The molecule has 1 aliphatic heterocycles. The molecule has 1 saturated heterocycles. The fourth-order valence-corrected chi connectivity index (χ4v) is 3.31. The topological polar surface area (TPSA) is 76.8 Å². The zero-order valence-corrected chi connectivity index (χ0v) is 16.6. The van der Waals surface area contributed by atoms with Gasteiger partial charge in [-0.05, 0) is 12.1 Å². The van der Waals surface area contributed by atoms with Gasteiger partial charge in [-0.3, -0.25) is 9.78 Å². The summed E-state index contributed by atoms with van der Waals surface area (Å²) < 4.78 is 29.2. The summed E-state index contributed by atoms with van der Waals surface area (Å²) in [6.45, 7) is 5.69. The van der Waals surface area contributed by atoms with Crippen LogP contribution in [0.25, 0.3) is 11.0 Å². The summed E-state index contributed by atoms with van der Waals surface area (Å²) in [6.07, 6.45) is 4.45. The number of halogens is 2. The van der Waals surface area contributed by atoms with Crippen LogP contribution >= 0.6 is 0 Å². The first kappa shape index (κ1) is 19.4. The molecular formula is C20H22F2N6O. The van der Waals surface area contributed by atoms with Crippen molar-refractivity contribution in [1.82, 2.24) is 24.7 Å². The van der Waals surface area contributed by atoms with E-state index in [1.54, 1.807) is 35.6 Å². The summed E-state index contributed by atoms with van der Waals surface area (Å²) in [6, 6.07) is 3.28. The van der Waals surface area contributed by atoms with Crippen LogP contribution in [-0.2, 0) is 12.0 Å². The van der Waals surface area contributed by atoms with Gasteiger partial charge in [-0.1, -0.05) is 20.8 Å². The second kappa shape index (κ2) is 6.82. The number of fused-ring (bicyclic) bond motifs is 1. The molecular weight excluding hydrogens is 378 g/mol. The highest BCUT2D eigenvalue weighted by Gasteiger charge is 2.40. The third kappa shape index (κ3) is 3.81. The van der Waals surface area contributed by atoms with Gasteiger partial charge < -0.3 is 4.90 Å². The molecule has 0 saturated carbocycles. The van der Waals surface area contributed by atoms with Crippen molar-refractivity contribution in [1.29, 1.82) is 0 Å². The molecule has 0 aromatic carbocycles. The van der Waals surface area contributed by atoms with Gasteiger partial charge in [0.1, 0.15) is 18.2 Å². The average Bonchev–Trinajstić information content (AvgIpc) is 3.24. The molecule has 0 amide bonds. The third-order valence-electron chi connectivity index (χ3n) is 4.91. The Hall–Kier alpha value is -2.97. The lowest BCUT2D eigenvalue weighted by molar-refractivity contribution is 0.0257. The number of anilines is 1. The molecule has 0 unspecified atom stereocenters.